The van der Waals surface area contributed by atoms with Crippen LogP contribution in [0.25, 0.3) is 5.57 Å². The third-order valence-corrected chi connectivity index (χ3v) is 14.3. The second-order valence-corrected chi connectivity index (χ2v) is 23.5. The quantitative estimate of drug-likeness (QED) is 0.295. The molecule has 0 bridgehead atoms. The molecule has 4 aliphatic carbocycles. The van der Waals surface area contributed by atoms with Crippen molar-refractivity contribution in [3.63, 3.8) is 0 Å². The minimum absolute atomic E-state index is 0. The summed E-state index contributed by atoms with van der Waals surface area (Å²) in [5.41, 5.74) is 11.3. The van der Waals surface area contributed by atoms with Crippen molar-refractivity contribution in [1.82, 2.24) is 0 Å². The Morgan fingerprint density at radius 3 is 2.04 bits per heavy atom. The van der Waals surface area contributed by atoms with E-state index in [1.807, 2.05) is 0 Å². The number of allylic oxidation sites excluding steroid dienone is 6. The Bertz CT molecular complexity index is 1460. The zero-order chi connectivity index (χ0) is 32.2. The van der Waals surface area contributed by atoms with Gasteiger partial charge in [0.05, 0.1) is 0 Å². The molecule has 6 rings (SSSR count). The van der Waals surface area contributed by atoms with Crippen LogP contribution in [-0.2, 0) is 30.7 Å². The molecule has 246 valence electrons. The van der Waals surface area contributed by atoms with E-state index < -0.39 is 8.07 Å². The molecule has 2 aromatic carbocycles. The largest absolute Gasteiger partial charge is 1.00 e. The molecule has 2 aromatic rings. The summed E-state index contributed by atoms with van der Waals surface area (Å²) < 4.78 is 1.51. The first-order valence-corrected chi connectivity index (χ1v) is 21.5. The maximum absolute atomic E-state index is 2.63. The average Bonchev–Trinajstić information content (AvgIpc) is 3.53. The third-order valence-electron chi connectivity index (χ3n) is 12.3. The van der Waals surface area contributed by atoms with E-state index in [4.69, 9.17) is 0 Å². The molecular formula is C41H58Cl2SiZr-2. The third kappa shape index (κ3) is 6.89. The fourth-order valence-electron chi connectivity index (χ4n) is 8.87. The van der Waals surface area contributed by atoms with Crippen molar-refractivity contribution in [3.05, 3.63) is 93.9 Å². The molecule has 0 N–H and O–H groups in total. The van der Waals surface area contributed by atoms with Gasteiger partial charge in [-0.1, -0.05) is 140 Å². The second kappa shape index (κ2) is 14.8. The van der Waals surface area contributed by atoms with Gasteiger partial charge >= 0.3 is 41.3 Å². The summed E-state index contributed by atoms with van der Waals surface area (Å²) in [6.07, 6.45) is 6.12. The van der Waals surface area contributed by atoms with Gasteiger partial charge < -0.3 is 24.8 Å². The Morgan fingerprint density at radius 2 is 1.53 bits per heavy atom. The molecular weight excluding hydrogens is 683 g/mol. The van der Waals surface area contributed by atoms with Crippen LogP contribution in [-0.4, -0.2) is 11.3 Å². The van der Waals surface area contributed by atoms with Crippen molar-refractivity contribution < 1.29 is 49.0 Å². The molecule has 0 amide bonds. The van der Waals surface area contributed by atoms with Crippen LogP contribution in [0.15, 0.2) is 71.3 Å². The average molecular weight is 741 g/mol. The number of hydrogen-bond donors (Lipinski definition) is 0. The van der Waals surface area contributed by atoms with Gasteiger partial charge in [0.25, 0.3) is 0 Å². The number of benzene rings is 1. The standard InChI is InChI=1S/C29H37.C9H15Si.C3H6.2ClH.Zr/c1-16-13-14-25-26-23-12-10-9-11-22(23)15-24(26)27-19(4)17(2)18(3)21(6)29(27,8)28(25,7)20(16)5;1-8-5-6-9(7-8)10(2,3)4;1-3-2;;;/h9-14,16-18,20-21H,15H2,1-8H3;5-7H,1-4H3;1-2H3;2*1H;/q2*-1;;;;+2/p-2. The van der Waals surface area contributed by atoms with E-state index in [-0.39, 0.29) is 35.6 Å². The first-order valence-electron chi connectivity index (χ1n) is 16.7. The van der Waals surface area contributed by atoms with Gasteiger partial charge in [0, 0.05) is 13.5 Å². The minimum atomic E-state index is -1.01. The van der Waals surface area contributed by atoms with Crippen LogP contribution in [0.2, 0.25) is 19.6 Å². The van der Waals surface area contributed by atoms with Crippen LogP contribution in [0, 0.1) is 53.3 Å². The minimum Gasteiger partial charge on any atom is -1.00 e. The molecule has 7 atom stereocenters. The van der Waals surface area contributed by atoms with E-state index in [0.29, 0.717) is 29.6 Å². The van der Waals surface area contributed by atoms with Crippen molar-refractivity contribution in [2.24, 2.45) is 40.4 Å². The van der Waals surface area contributed by atoms with Gasteiger partial charge in [-0.25, -0.2) is 17.2 Å². The van der Waals surface area contributed by atoms with E-state index in [2.05, 4.69) is 150 Å². The summed E-state index contributed by atoms with van der Waals surface area (Å²) in [7, 11) is -1.01. The second-order valence-electron chi connectivity index (χ2n) is 15.9. The van der Waals surface area contributed by atoms with Crippen molar-refractivity contribution in [3.8, 4) is 0 Å². The van der Waals surface area contributed by atoms with Crippen LogP contribution in [0.5, 0.6) is 0 Å². The van der Waals surface area contributed by atoms with E-state index in [1.54, 1.807) is 57.6 Å². The van der Waals surface area contributed by atoms with Crippen molar-refractivity contribution in [2.45, 2.75) is 102 Å². The summed E-state index contributed by atoms with van der Waals surface area (Å²) in [5.74, 6) is 4.93. The predicted octanol–water partition coefficient (Wildman–Crippen LogP) is 4.69. The summed E-state index contributed by atoms with van der Waals surface area (Å²) in [6, 6.07) is 16.0. The van der Waals surface area contributed by atoms with Crippen LogP contribution >= 0.6 is 0 Å². The van der Waals surface area contributed by atoms with E-state index in [0.717, 1.165) is 6.42 Å². The summed E-state index contributed by atoms with van der Waals surface area (Å²) in [6.45, 7) is 33.7. The Hall–Kier alpha value is -0.790. The topological polar surface area (TPSA) is 0 Å². The predicted molar refractivity (Wildman–Crippen MR) is 190 cm³/mol. The van der Waals surface area contributed by atoms with Crippen molar-refractivity contribution in [1.29, 1.82) is 0 Å². The molecule has 0 radical (unpaired) electrons. The fraction of sp³-hybridized carbons (Fsp3) is 0.537. The van der Waals surface area contributed by atoms with Crippen molar-refractivity contribution in [2.75, 3.05) is 0 Å². The zero-order valence-electron chi connectivity index (χ0n) is 30.5. The molecule has 0 spiro atoms. The van der Waals surface area contributed by atoms with Gasteiger partial charge in [-0.3, -0.25) is 0 Å². The smallest absolute Gasteiger partial charge is 0.00393 e. The van der Waals surface area contributed by atoms with Crippen LogP contribution in [0.3, 0.4) is 0 Å². The Labute approximate surface area is 305 Å². The monoisotopic (exact) mass is 738 g/mol. The Kier molecular flexibility index (Phi) is 13.3. The maximum atomic E-state index is 2.63. The molecule has 4 heteroatoms. The molecule has 0 aromatic heterocycles. The van der Waals surface area contributed by atoms with Gasteiger partial charge in [-0.05, 0) is 34.7 Å². The number of rotatable bonds is 1. The van der Waals surface area contributed by atoms with E-state index in [1.165, 1.54) is 19.9 Å². The SMILES string of the molecule is C[C-]1C2=C3Cc4ccccc4C3=C3C=CC(C)C(C)C3(C)C2(C)C(C)C(C)C1C.C[C](C)=[Zr+2].Cc1cc([Si](C)(C)C)c[cH-]1.[Cl-].[Cl-]. The summed E-state index contributed by atoms with van der Waals surface area (Å²) in [5, 5.41) is 1.57. The Morgan fingerprint density at radius 1 is 0.956 bits per heavy atom. The molecule has 0 saturated heterocycles. The van der Waals surface area contributed by atoms with Gasteiger partial charge in [0.1, 0.15) is 0 Å². The molecule has 1 saturated carbocycles. The van der Waals surface area contributed by atoms with E-state index >= 15 is 0 Å². The fourth-order valence-corrected chi connectivity index (χ4v) is 10.1. The Balaban J connectivity index is 0.000000371. The van der Waals surface area contributed by atoms with Gasteiger partial charge in [0.15, 0.2) is 0 Å². The van der Waals surface area contributed by atoms with Crippen LogP contribution in [0.4, 0.5) is 0 Å². The number of fused-ring (bicyclic) bond motifs is 6. The van der Waals surface area contributed by atoms with Gasteiger partial charge in [-0.2, -0.15) is 28.8 Å². The first kappa shape index (κ1) is 40.4. The summed E-state index contributed by atoms with van der Waals surface area (Å²) >= 11 is 1.55. The molecule has 1 fully saturated rings. The van der Waals surface area contributed by atoms with E-state index in [9.17, 15) is 0 Å². The van der Waals surface area contributed by atoms with Gasteiger partial charge in [-0.15, -0.1) is 6.92 Å². The van der Waals surface area contributed by atoms with Crippen LogP contribution < -0.4 is 30.0 Å². The molecule has 4 aliphatic rings. The molecule has 45 heavy (non-hydrogen) atoms. The molecule has 0 aliphatic heterocycles. The molecule has 0 nitrogen and oxygen atoms in total. The molecule has 0 heterocycles. The molecule has 7 unspecified atom stereocenters. The van der Waals surface area contributed by atoms with Crippen LogP contribution in [0.1, 0.15) is 85.9 Å². The maximum Gasteiger partial charge on any atom is 0.00393 e. The summed E-state index contributed by atoms with van der Waals surface area (Å²) in [4.78, 5) is 0. The number of hydrogen-bond acceptors (Lipinski definition) is 0. The van der Waals surface area contributed by atoms with Gasteiger partial charge in [0.2, 0.25) is 0 Å². The number of halogens is 2. The van der Waals surface area contributed by atoms with Crippen molar-refractivity contribution >= 4 is 22.0 Å². The number of aryl methyl sites for hydroxylation is 1. The zero-order valence-corrected chi connectivity index (χ0v) is 35.5. The normalized spacial score (nSPS) is 31.1. The first-order chi connectivity index (χ1) is 19.9.